The lowest BCUT2D eigenvalue weighted by Crippen LogP contribution is -2.13. The Balaban J connectivity index is 1.95. The molecule has 0 atom stereocenters. The third-order valence-electron chi connectivity index (χ3n) is 3.24. The Labute approximate surface area is 135 Å². The lowest BCUT2D eigenvalue weighted by Gasteiger charge is -2.11. The summed E-state index contributed by atoms with van der Waals surface area (Å²) >= 11 is 5.84. The number of ether oxygens (including phenoxy) is 2. The van der Waals surface area contributed by atoms with E-state index < -0.39 is 0 Å². The molecule has 1 N–H and O–H groups in total. The van der Waals surface area contributed by atoms with E-state index in [0.29, 0.717) is 35.1 Å². The van der Waals surface area contributed by atoms with Crippen LogP contribution in [0.1, 0.15) is 12.0 Å². The molecule has 5 heteroatoms. The molecule has 0 spiro atoms. The molecule has 0 heterocycles. The van der Waals surface area contributed by atoms with Gasteiger partial charge in [-0.05, 0) is 36.2 Å². The molecule has 0 saturated heterocycles. The summed E-state index contributed by atoms with van der Waals surface area (Å²) in [6.07, 6.45) is 1.04. The fraction of sp³-hybridized carbons (Fsp3) is 0.235. The maximum atomic E-state index is 12.1. The van der Waals surface area contributed by atoms with Gasteiger partial charge in [0.1, 0.15) is 11.5 Å². The van der Waals surface area contributed by atoms with Crippen LogP contribution in [0.25, 0.3) is 0 Å². The first kappa shape index (κ1) is 16.2. The van der Waals surface area contributed by atoms with Crippen molar-refractivity contribution in [1.29, 1.82) is 0 Å². The molecule has 1 amide bonds. The number of amides is 1. The highest BCUT2D eigenvalue weighted by atomic mass is 35.5. The molecule has 0 fully saturated rings. The van der Waals surface area contributed by atoms with Gasteiger partial charge in [-0.3, -0.25) is 4.79 Å². The number of carbonyl (C=O) groups excluding carboxylic acids is 1. The zero-order valence-corrected chi connectivity index (χ0v) is 13.3. The van der Waals surface area contributed by atoms with E-state index in [1.807, 2.05) is 24.3 Å². The first-order valence-electron chi connectivity index (χ1n) is 6.88. The average molecular weight is 320 g/mol. The quantitative estimate of drug-likeness (QED) is 0.877. The molecule has 0 aliphatic carbocycles. The molecular formula is C17H18ClNO3. The first-order valence-corrected chi connectivity index (χ1v) is 7.26. The van der Waals surface area contributed by atoms with Gasteiger partial charge in [-0.2, -0.15) is 0 Å². The van der Waals surface area contributed by atoms with Crippen LogP contribution in [-0.2, 0) is 11.2 Å². The molecule has 2 aromatic carbocycles. The minimum absolute atomic E-state index is 0.0709. The number of nitrogens with one attached hydrogen (secondary N) is 1. The van der Waals surface area contributed by atoms with Gasteiger partial charge in [-0.25, -0.2) is 0 Å². The van der Waals surface area contributed by atoms with Crippen LogP contribution in [0, 0.1) is 0 Å². The van der Waals surface area contributed by atoms with Gasteiger partial charge < -0.3 is 14.8 Å². The zero-order chi connectivity index (χ0) is 15.9. The van der Waals surface area contributed by atoms with Crippen molar-refractivity contribution in [2.24, 2.45) is 0 Å². The number of hydrogen-bond acceptors (Lipinski definition) is 3. The average Bonchev–Trinajstić information content (AvgIpc) is 2.54. The van der Waals surface area contributed by atoms with Crippen molar-refractivity contribution in [1.82, 2.24) is 0 Å². The standard InChI is InChI=1S/C17H18ClNO3/c1-21-14-8-9-15(16(11-14)22-2)19-17(20)10-5-12-3-6-13(18)7-4-12/h3-4,6-9,11H,5,10H2,1-2H3,(H,19,20). The van der Waals surface area contributed by atoms with Crippen molar-refractivity contribution in [2.75, 3.05) is 19.5 Å². The minimum atomic E-state index is -0.0709. The number of anilines is 1. The monoisotopic (exact) mass is 319 g/mol. The Bertz CT molecular complexity index is 641. The smallest absolute Gasteiger partial charge is 0.224 e. The Morgan fingerprint density at radius 1 is 1.09 bits per heavy atom. The Kier molecular flexibility index (Phi) is 5.67. The van der Waals surface area contributed by atoms with Crippen molar-refractivity contribution in [3.05, 3.63) is 53.1 Å². The number of methoxy groups -OCH3 is 2. The largest absolute Gasteiger partial charge is 0.497 e. The lowest BCUT2D eigenvalue weighted by atomic mass is 10.1. The van der Waals surface area contributed by atoms with E-state index in [2.05, 4.69) is 5.32 Å². The fourth-order valence-corrected chi connectivity index (χ4v) is 2.15. The Morgan fingerprint density at radius 3 is 2.45 bits per heavy atom. The van der Waals surface area contributed by atoms with Crippen LogP contribution in [0.15, 0.2) is 42.5 Å². The van der Waals surface area contributed by atoms with E-state index in [-0.39, 0.29) is 5.91 Å². The number of halogens is 1. The molecule has 0 saturated carbocycles. The van der Waals surface area contributed by atoms with Crippen LogP contribution in [0.2, 0.25) is 5.02 Å². The maximum absolute atomic E-state index is 12.1. The van der Waals surface area contributed by atoms with Crippen LogP contribution >= 0.6 is 11.6 Å². The summed E-state index contributed by atoms with van der Waals surface area (Å²) in [5, 5.41) is 3.54. The number of aryl methyl sites for hydroxylation is 1. The second-order valence-corrected chi connectivity index (χ2v) is 5.18. The summed E-state index contributed by atoms with van der Waals surface area (Å²) in [5.74, 6) is 1.17. The van der Waals surface area contributed by atoms with E-state index in [4.69, 9.17) is 21.1 Å². The van der Waals surface area contributed by atoms with E-state index in [0.717, 1.165) is 5.56 Å². The van der Waals surface area contributed by atoms with E-state index in [9.17, 15) is 4.79 Å². The normalized spacial score (nSPS) is 10.1. The van der Waals surface area contributed by atoms with Crippen LogP contribution < -0.4 is 14.8 Å². The van der Waals surface area contributed by atoms with Crippen LogP contribution in [0.3, 0.4) is 0 Å². The summed E-state index contributed by atoms with van der Waals surface area (Å²) in [6, 6.07) is 12.7. The molecule has 0 radical (unpaired) electrons. The van der Waals surface area contributed by atoms with Crippen LogP contribution in [0.5, 0.6) is 11.5 Å². The first-order chi connectivity index (χ1) is 10.6. The fourth-order valence-electron chi connectivity index (χ4n) is 2.02. The summed E-state index contributed by atoms with van der Waals surface area (Å²) in [4.78, 5) is 12.1. The molecule has 0 bridgehead atoms. The minimum Gasteiger partial charge on any atom is -0.497 e. The number of rotatable bonds is 6. The molecule has 0 unspecified atom stereocenters. The van der Waals surface area contributed by atoms with Gasteiger partial charge in [0, 0.05) is 17.5 Å². The summed E-state index contributed by atoms with van der Waals surface area (Å²) in [5.41, 5.74) is 1.70. The van der Waals surface area contributed by atoms with Crippen molar-refractivity contribution in [3.63, 3.8) is 0 Å². The van der Waals surface area contributed by atoms with Crippen molar-refractivity contribution >= 4 is 23.2 Å². The molecular weight excluding hydrogens is 302 g/mol. The topological polar surface area (TPSA) is 47.6 Å². The number of hydrogen-bond donors (Lipinski definition) is 1. The van der Waals surface area contributed by atoms with Gasteiger partial charge in [-0.15, -0.1) is 0 Å². The highest BCUT2D eigenvalue weighted by Crippen LogP contribution is 2.29. The zero-order valence-electron chi connectivity index (χ0n) is 12.6. The van der Waals surface area contributed by atoms with Gasteiger partial charge in [0.15, 0.2) is 0 Å². The van der Waals surface area contributed by atoms with E-state index >= 15 is 0 Å². The summed E-state index contributed by atoms with van der Waals surface area (Å²) in [7, 11) is 3.14. The van der Waals surface area contributed by atoms with Crippen LogP contribution in [0.4, 0.5) is 5.69 Å². The van der Waals surface area contributed by atoms with Gasteiger partial charge >= 0.3 is 0 Å². The third kappa shape index (κ3) is 4.40. The summed E-state index contributed by atoms with van der Waals surface area (Å²) < 4.78 is 10.4. The SMILES string of the molecule is COc1ccc(NC(=O)CCc2ccc(Cl)cc2)c(OC)c1. The van der Waals surface area contributed by atoms with Crippen molar-refractivity contribution in [3.8, 4) is 11.5 Å². The predicted molar refractivity (Wildman–Crippen MR) is 87.9 cm³/mol. The Morgan fingerprint density at radius 2 is 1.82 bits per heavy atom. The molecule has 116 valence electrons. The molecule has 2 rings (SSSR count). The Hall–Kier alpha value is -2.20. The second-order valence-electron chi connectivity index (χ2n) is 4.74. The van der Waals surface area contributed by atoms with Crippen molar-refractivity contribution in [2.45, 2.75) is 12.8 Å². The van der Waals surface area contributed by atoms with Gasteiger partial charge in [0.2, 0.25) is 5.91 Å². The molecule has 22 heavy (non-hydrogen) atoms. The maximum Gasteiger partial charge on any atom is 0.224 e. The van der Waals surface area contributed by atoms with E-state index in [1.165, 1.54) is 0 Å². The highest BCUT2D eigenvalue weighted by Gasteiger charge is 2.09. The third-order valence-corrected chi connectivity index (χ3v) is 3.49. The van der Waals surface area contributed by atoms with Gasteiger partial charge in [0.05, 0.1) is 19.9 Å². The molecule has 2 aromatic rings. The van der Waals surface area contributed by atoms with Gasteiger partial charge in [-0.1, -0.05) is 23.7 Å². The summed E-state index contributed by atoms with van der Waals surface area (Å²) in [6.45, 7) is 0. The van der Waals surface area contributed by atoms with E-state index in [1.54, 1.807) is 32.4 Å². The highest BCUT2D eigenvalue weighted by molar-refractivity contribution is 6.30. The molecule has 0 aliphatic rings. The molecule has 4 nitrogen and oxygen atoms in total. The molecule has 0 aromatic heterocycles. The number of benzene rings is 2. The molecule has 0 aliphatic heterocycles. The predicted octanol–water partition coefficient (Wildman–Crippen LogP) is 3.93. The van der Waals surface area contributed by atoms with Gasteiger partial charge in [0.25, 0.3) is 0 Å². The lowest BCUT2D eigenvalue weighted by molar-refractivity contribution is -0.116. The van der Waals surface area contributed by atoms with Crippen LogP contribution in [-0.4, -0.2) is 20.1 Å². The van der Waals surface area contributed by atoms with Crippen molar-refractivity contribution < 1.29 is 14.3 Å². The number of carbonyl (C=O) groups is 1. The second kappa shape index (κ2) is 7.71.